The normalized spacial score (nSPS) is 11.9. The van der Waals surface area contributed by atoms with Gasteiger partial charge >= 0.3 is 5.97 Å². The molecule has 0 fully saturated rings. The Balaban J connectivity index is 1.92. The predicted octanol–water partition coefficient (Wildman–Crippen LogP) is 3.95. The number of carbonyl (C=O) groups excluding carboxylic acids is 2. The third kappa shape index (κ3) is 6.14. The number of amides is 1. The summed E-state index contributed by atoms with van der Waals surface area (Å²) in [5.41, 5.74) is 1.35. The molecule has 0 bridgehead atoms. The van der Waals surface area contributed by atoms with Crippen molar-refractivity contribution in [3.8, 4) is 17.2 Å². The van der Waals surface area contributed by atoms with Crippen molar-refractivity contribution >= 4 is 17.6 Å². The summed E-state index contributed by atoms with van der Waals surface area (Å²) in [6.45, 7) is 7.40. The standard InChI is InChI=1S/C23H29NO6/c1-15(22(26)24-16-11-12-19(27-5)20(13-16)28-6)30-21(25)14-29-18-10-8-7-9-17(18)23(2,3)4/h7-13,15H,14H2,1-6H3,(H,24,26)/t15-/m0/s1. The fourth-order valence-electron chi connectivity index (χ4n) is 2.79. The summed E-state index contributed by atoms with van der Waals surface area (Å²) >= 11 is 0. The van der Waals surface area contributed by atoms with Gasteiger partial charge in [-0.2, -0.15) is 0 Å². The Morgan fingerprint density at radius 3 is 2.27 bits per heavy atom. The minimum Gasteiger partial charge on any atom is -0.493 e. The van der Waals surface area contributed by atoms with Gasteiger partial charge in [0.25, 0.3) is 5.91 Å². The summed E-state index contributed by atoms with van der Waals surface area (Å²) in [5, 5.41) is 2.68. The molecule has 0 saturated carbocycles. The fraction of sp³-hybridized carbons (Fsp3) is 0.391. The zero-order valence-electron chi connectivity index (χ0n) is 18.3. The number of anilines is 1. The minimum atomic E-state index is -0.993. The van der Waals surface area contributed by atoms with Crippen molar-refractivity contribution in [1.82, 2.24) is 0 Å². The van der Waals surface area contributed by atoms with Crippen LogP contribution in [0, 0.1) is 0 Å². The number of rotatable bonds is 8. The number of benzene rings is 2. The molecule has 1 amide bonds. The maximum absolute atomic E-state index is 12.4. The van der Waals surface area contributed by atoms with Crippen molar-refractivity contribution in [3.63, 3.8) is 0 Å². The van der Waals surface area contributed by atoms with E-state index >= 15 is 0 Å². The molecular formula is C23H29NO6. The first kappa shape index (κ1) is 23.1. The van der Waals surface area contributed by atoms with E-state index in [0.717, 1.165) is 5.56 Å². The van der Waals surface area contributed by atoms with E-state index in [9.17, 15) is 9.59 Å². The second-order valence-electron chi connectivity index (χ2n) is 7.73. The molecule has 0 saturated heterocycles. The molecule has 0 heterocycles. The molecule has 1 atom stereocenters. The number of para-hydroxylation sites is 1. The lowest BCUT2D eigenvalue weighted by atomic mass is 9.86. The molecule has 0 aliphatic heterocycles. The third-order valence-electron chi connectivity index (χ3n) is 4.37. The maximum atomic E-state index is 12.4. The van der Waals surface area contributed by atoms with Gasteiger partial charge < -0.3 is 24.3 Å². The highest BCUT2D eigenvalue weighted by Crippen LogP contribution is 2.31. The predicted molar refractivity (Wildman–Crippen MR) is 114 cm³/mol. The highest BCUT2D eigenvalue weighted by atomic mass is 16.6. The van der Waals surface area contributed by atoms with E-state index in [-0.39, 0.29) is 12.0 Å². The molecule has 0 aromatic heterocycles. The van der Waals surface area contributed by atoms with Crippen LogP contribution in [-0.2, 0) is 19.7 Å². The monoisotopic (exact) mass is 415 g/mol. The molecule has 30 heavy (non-hydrogen) atoms. The summed E-state index contributed by atoms with van der Waals surface area (Å²) in [5.74, 6) is 0.539. The second-order valence-corrected chi connectivity index (χ2v) is 7.73. The SMILES string of the molecule is COc1ccc(NC(=O)[C@H](C)OC(=O)COc2ccccc2C(C)(C)C)cc1OC. The van der Waals surface area contributed by atoms with Crippen LogP contribution in [0.1, 0.15) is 33.3 Å². The van der Waals surface area contributed by atoms with Gasteiger partial charge in [0.15, 0.2) is 24.2 Å². The largest absolute Gasteiger partial charge is 0.493 e. The molecule has 0 aliphatic rings. The topological polar surface area (TPSA) is 83.1 Å². The summed E-state index contributed by atoms with van der Waals surface area (Å²) < 4.78 is 21.2. The minimum absolute atomic E-state index is 0.132. The van der Waals surface area contributed by atoms with E-state index in [2.05, 4.69) is 26.1 Å². The van der Waals surface area contributed by atoms with Gasteiger partial charge in [-0.15, -0.1) is 0 Å². The molecule has 0 unspecified atom stereocenters. The highest BCUT2D eigenvalue weighted by molar-refractivity contribution is 5.95. The van der Waals surface area contributed by atoms with E-state index in [1.54, 1.807) is 24.3 Å². The van der Waals surface area contributed by atoms with Gasteiger partial charge in [-0.25, -0.2) is 4.79 Å². The van der Waals surface area contributed by atoms with Crippen LogP contribution in [0.2, 0.25) is 0 Å². The van der Waals surface area contributed by atoms with Crippen molar-refractivity contribution in [1.29, 1.82) is 0 Å². The van der Waals surface area contributed by atoms with Crippen molar-refractivity contribution in [2.45, 2.75) is 39.2 Å². The lowest BCUT2D eigenvalue weighted by Gasteiger charge is -2.22. The second kappa shape index (κ2) is 10.0. The molecule has 0 aliphatic carbocycles. The molecule has 162 valence electrons. The summed E-state index contributed by atoms with van der Waals surface area (Å²) in [4.78, 5) is 24.5. The van der Waals surface area contributed by atoms with Crippen LogP contribution in [0.15, 0.2) is 42.5 Å². The van der Waals surface area contributed by atoms with Gasteiger partial charge in [-0.1, -0.05) is 39.0 Å². The first-order valence-electron chi connectivity index (χ1n) is 9.60. The average Bonchev–Trinajstić information content (AvgIpc) is 2.71. The summed E-state index contributed by atoms with van der Waals surface area (Å²) in [7, 11) is 3.03. The van der Waals surface area contributed by atoms with E-state index in [4.69, 9.17) is 18.9 Å². The first-order chi connectivity index (χ1) is 14.2. The lowest BCUT2D eigenvalue weighted by Crippen LogP contribution is -2.31. The number of ether oxygens (including phenoxy) is 4. The fourth-order valence-corrected chi connectivity index (χ4v) is 2.79. The zero-order chi connectivity index (χ0) is 22.3. The first-order valence-corrected chi connectivity index (χ1v) is 9.60. The van der Waals surface area contributed by atoms with Gasteiger partial charge in [0.1, 0.15) is 5.75 Å². The van der Waals surface area contributed by atoms with Gasteiger partial charge in [0, 0.05) is 11.8 Å². The molecule has 2 aromatic rings. The Morgan fingerprint density at radius 1 is 0.967 bits per heavy atom. The zero-order valence-corrected chi connectivity index (χ0v) is 18.3. The molecule has 1 N–H and O–H groups in total. The van der Waals surface area contributed by atoms with E-state index in [0.29, 0.717) is 22.9 Å². The van der Waals surface area contributed by atoms with Crippen LogP contribution in [0.5, 0.6) is 17.2 Å². The van der Waals surface area contributed by atoms with Crippen molar-refractivity contribution in [2.75, 3.05) is 26.1 Å². The quantitative estimate of drug-likeness (QED) is 0.658. The molecule has 7 heteroatoms. The molecule has 2 aromatic carbocycles. The smallest absolute Gasteiger partial charge is 0.344 e. The van der Waals surface area contributed by atoms with Crippen LogP contribution in [0.25, 0.3) is 0 Å². The van der Waals surface area contributed by atoms with Crippen LogP contribution in [0.3, 0.4) is 0 Å². The Kier molecular flexibility index (Phi) is 7.69. The van der Waals surface area contributed by atoms with Crippen LogP contribution in [-0.4, -0.2) is 38.8 Å². The van der Waals surface area contributed by atoms with E-state index in [1.807, 2.05) is 18.2 Å². The lowest BCUT2D eigenvalue weighted by molar-refractivity contribution is -0.155. The van der Waals surface area contributed by atoms with Crippen molar-refractivity contribution in [3.05, 3.63) is 48.0 Å². The number of nitrogens with one attached hydrogen (secondary N) is 1. The Bertz CT molecular complexity index is 888. The molecule has 7 nitrogen and oxygen atoms in total. The van der Waals surface area contributed by atoms with Crippen LogP contribution >= 0.6 is 0 Å². The Morgan fingerprint density at radius 2 is 1.63 bits per heavy atom. The Labute approximate surface area is 177 Å². The van der Waals surface area contributed by atoms with Gasteiger partial charge in [-0.05, 0) is 36.1 Å². The van der Waals surface area contributed by atoms with Crippen molar-refractivity contribution < 1.29 is 28.5 Å². The van der Waals surface area contributed by atoms with E-state index < -0.39 is 18.0 Å². The third-order valence-corrected chi connectivity index (χ3v) is 4.37. The summed E-state index contributed by atoms with van der Waals surface area (Å²) in [6, 6.07) is 12.5. The number of methoxy groups -OCH3 is 2. The van der Waals surface area contributed by atoms with Crippen LogP contribution in [0.4, 0.5) is 5.69 Å². The van der Waals surface area contributed by atoms with Gasteiger partial charge in [-0.3, -0.25) is 4.79 Å². The van der Waals surface area contributed by atoms with E-state index in [1.165, 1.54) is 21.1 Å². The number of hydrogen-bond donors (Lipinski definition) is 1. The number of carbonyl (C=O) groups is 2. The van der Waals surface area contributed by atoms with Gasteiger partial charge in [0.2, 0.25) is 0 Å². The highest BCUT2D eigenvalue weighted by Gasteiger charge is 2.21. The van der Waals surface area contributed by atoms with Crippen molar-refractivity contribution in [2.24, 2.45) is 0 Å². The molecular weight excluding hydrogens is 386 g/mol. The Hall–Kier alpha value is -3.22. The number of hydrogen-bond acceptors (Lipinski definition) is 6. The molecule has 0 radical (unpaired) electrons. The summed E-state index contributed by atoms with van der Waals surface area (Å²) in [6.07, 6.45) is -0.993. The average molecular weight is 415 g/mol. The molecule has 2 rings (SSSR count). The van der Waals surface area contributed by atoms with Gasteiger partial charge in [0.05, 0.1) is 14.2 Å². The maximum Gasteiger partial charge on any atom is 0.344 e. The number of esters is 1. The van der Waals surface area contributed by atoms with Crippen LogP contribution < -0.4 is 19.5 Å². The molecule has 0 spiro atoms.